The van der Waals surface area contributed by atoms with Crippen molar-refractivity contribution >= 4 is 53.1 Å². The molecular weight excluding hydrogens is 503 g/mol. The number of nitrogens with one attached hydrogen (secondary N) is 1. The summed E-state index contributed by atoms with van der Waals surface area (Å²) in [7, 11) is 1.36. The molecule has 3 rings (SSSR count). The van der Waals surface area contributed by atoms with E-state index in [1.165, 1.54) is 15.2 Å². The number of ether oxygens (including phenoxy) is 1. The van der Waals surface area contributed by atoms with E-state index < -0.39 is 11.6 Å². The number of hydrogen-bond acceptors (Lipinski definition) is 7. The normalized spacial score (nSPS) is 11.0. The minimum Gasteiger partial charge on any atom is -0.466 e. The number of anilines is 1. The Morgan fingerprint density at radius 2 is 2.18 bits per heavy atom. The van der Waals surface area contributed by atoms with Gasteiger partial charge in [-0.3, -0.25) is 8.77 Å². The predicted molar refractivity (Wildman–Crippen MR) is 112 cm³/mol. The average Bonchev–Trinajstić information content (AvgIpc) is 3.04. The first kappa shape index (κ1) is 20.7. The molecule has 0 fully saturated rings. The van der Waals surface area contributed by atoms with Crippen molar-refractivity contribution < 1.29 is 18.3 Å². The third-order valence-electron chi connectivity index (χ3n) is 3.79. The summed E-state index contributed by atoms with van der Waals surface area (Å²) in [5.74, 6) is -1.13. The summed E-state index contributed by atoms with van der Waals surface area (Å²) in [5, 5.41) is 3.40. The molecule has 11 heteroatoms. The van der Waals surface area contributed by atoms with E-state index >= 15 is 0 Å². The summed E-state index contributed by atoms with van der Waals surface area (Å²) >= 11 is 2.08. The SMILES string of the molecule is CCOC(=O)CCCNc1nc(-c2cn(SI)c3ncc(F)cc23)ncc1F. The van der Waals surface area contributed by atoms with Crippen LogP contribution in [0.5, 0.6) is 0 Å². The van der Waals surface area contributed by atoms with Gasteiger partial charge in [-0.1, -0.05) is 0 Å². The highest BCUT2D eigenvalue weighted by atomic mass is 127. The van der Waals surface area contributed by atoms with Crippen LogP contribution >= 0.6 is 30.3 Å². The molecular formula is C17H16F2IN5O2S. The van der Waals surface area contributed by atoms with Crippen molar-refractivity contribution in [2.45, 2.75) is 19.8 Å². The number of halogens is 3. The maximum atomic E-state index is 14.1. The zero-order valence-corrected chi connectivity index (χ0v) is 17.8. The third kappa shape index (κ3) is 4.69. The molecule has 0 aliphatic carbocycles. The average molecular weight is 519 g/mol. The highest BCUT2D eigenvalue weighted by molar-refractivity contribution is 14.2. The van der Waals surface area contributed by atoms with Crippen LogP contribution in [-0.2, 0) is 9.53 Å². The quantitative estimate of drug-likeness (QED) is 0.269. The molecule has 0 aromatic carbocycles. The van der Waals surface area contributed by atoms with Crippen molar-refractivity contribution in [3.63, 3.8) is 0 Å². The summed E-state index contributed by atoms with van der Waals surface area (Å²) in [4.78, 5) is 23.7. The number of aromatic nitrogens is 4. The Balaban J connectivity index is 1.82. The maximum absolute atomic E-state index is 14.1. The Hall–Kier alpha value is -2.02. The molecule has 0 unspecified atom stereocenters. The van der Waals surface area contributed by atoms with E-state index in [-0.39, 0.29) is 24.0 Å². The van der Waals surface area contributed by atoms with Gasteiger partial charge in [-0.15, -0.1) is 0 Å². The van der Waals surface area contributed by atoms with Crippen molar-refractivity contribution in [3.05, 3.63) is 36.3 Å². The lowest BCUT2D eigenvalue weighted by Gasteiger charge is -2.08. The van der Waals surface area contributed by atoms with Crippen molar-refractivity contribution in [3.8, 4) is 11.4 Å². The third-order valence-corrected chi connectivity index (χ3v) is 5.49. The van der Waals surface area contributed by atoms with E-state index in [0.29, 0.717) is 36.2 Å². The predicted octanol–water partition coefficient (Wildman–Crippen LogP) is 4.37. The zero-order chi connectivity index (χ0) is 20.1. The van der Waals surface area contributed by atoms with Gasteiger partial charge in [0.1, 0.15) is 5.82 Å². The van der Waals surface area contributed by atoms with Crippen LogP contribution in [0.3, 0.4) is 0 Å². The largest absolute Gasteiger partial charge is 0.466 e. The van der Waals surface area contributed by atoms with Crippen molar-refractivity contribution in [2.75, 3.05) is 18.5 Å². The number of esters is 1. The second-order valence-corrected chi connectivity index (χ2v) is 7.40. The lowest BCUT2D eigenvalue weighted by Crippen LogP contribution is -2.10. The highest BCUT2D eigenvalue weighted by Gasteiger charge is 2.16. The number of hydrogen-bond donors (Lipinski definition) is 1. The molecule has 0 saturated carbocycles. The van der Waals surface area contributed by atoms with Gasteiger partial charge in [0.2, 0.25) is 0 Å². The van der Waals surface area contributed by atoms with Gasteiger partial charge in [-0.05, 0) is 19.4 Å². The van der Waals surface area contributed by atoms with Crippen LogP contribution in [0.25, 0.3) is 22.4 Å². The van der Waals surface area contributed by atoms with Crippen molar-refractivity contribution in [1.29, 1.82) is 0 Å². The summed E-state index contributed by atoms with van der Waals surface area (Å²) in [5.41, 5.74) is 1.11. The molecule has 0 spiro atoms. The van der Waals surface area contributed by atoms with E-state index in [9.17, 15) is 13.6 Å². The second-order valence-electron chi connectivity index (χ2n) is 5.69. The van der Waals surface area contributed by atoms with Crippen LogP contribution in [0.2, 0.25) is 0 Å². The monoisotopic (exact) mass is 519 g/mol. The molecule has 3 aromatic rings. The summed E-state index contributed by atoms with van der Waals surface area (Å²) in [6.45, 7) is 2.41. The van der Waals surface area contributed by atoms with E-state index in [0.717, 1.165) is 12.4 Å². The standard InChI is InChI=1S/C17H16F2IN5O2S/c1-2-27-14(26)4-3-5-21-16-13(19)8-22-15(24-16)12-9-25(28-20)17-11(12)6-10(18)7-23-17/h6-9H,2-5H2,1H3,(H,21,22,24). The summed E-state index contributed by atoms with van der Waals surface area (Å²) in [6.07, 6.45) is 4.62. The molecule has 0 radical (unpaired) electrons. The molecule has 1 N–H and O–H groups in total. The Kier molecular flexibility index (Phi) is 6.99. The topological polar surface area (TPSA) is 81.9 Å². The summed E-state index contributed by atoms with van der Waals surface area (Å²) < 4.78 is 34.4. The van der Waals surface area contributed by atoms with Gasteiger partial charge in [-0.2, -0.15) is 0 Å². The minimum atomic E-state index is -0.615. The first-order valence-corrected chi connectivity index (χ1v) is 11.7. The van der Waals surface area contributed by atoms with E-state index in [1.54, 1.807) is 17.1 Å². The fourth-order valence-electron chi connectivity index (χ4n) is 2.58. The highest BCUT2D eigenvalue weighted by Crippen LogP contribution is 2.33. The lowest BCUT2D eigenvalue weighted by atomic mass is 10.2. The van der Waals surface area contributed by atoms with Gasteiger partial charge in [-0.25, -0.2) is 23.7 Å². The number of carbonyl (C=O) groups is 1. The minimum absolute atomic E-state index is 0.0150. The molecule has 3 heterocycles. The van der Waals surface area contributed by atoms with Crippen LogP contribution in [0.15, 0.2) is 24.7 Å². The lowest BCUT2D eigenvalue weighted by molar-refractivity contribution is -0.143. The van der Waals surface area contributed by atoms with E-state index in [4.69, 9.17) is 4.74 Å². The molecule has 3 aromatic heterocycles. The zero-order valence-electron chi connectivity index (χ0n) is 14.8. The smallest absolute Gasteiger partial charge is 0.305 e. The Morgan fingerprint density at radius 3 is 2.93 bits per heavy atom. The molecule has 7 nitrogen and oxygen atoms in total. The van der Waals surface area contributed by atoms with Crippen LogP contribution in [0.4, 0.5) is 14.6 Å². The second kappa shape index (κ2) is 9.45. The Morgan fingerprint density at radius 1 is 1.36 bits per heavy atom. The maximum Gasteiger partial charge on any atom is 0.305 e. The van der Waals surface area contributed by atoms with Crippen LogP contribution in [-0.4, -0.2) is 38.0 Å². The van der Waals surface area contributed by atoms with E-state index in [1.807, 2.05) is 0 Å². The Bertz CT molecular complexity index is 1000. The van der Waals surface area contributed by atoms with E-state index in [2.05, 4.69) is 41.5 Å². The van der Waals surface area contributed by atoms with Gasteiger partial charge in [0.05, 0.1) is 19.0 Å². The molecule has 0 aliphatic heterocycles. The number of nitrogens with zero attached hydrogens (tertiary/aromatic N) is 4. The number of carbonyl (C=O) groups excluding carboxylic acids is 1. The number of fused-ring (bicyclic) bond motifs is 1. The molecule has 0 bridgehead atoms. The van der Waals surface area contributed by atoms with Gasteiger partial charge in [0.25, 0.3) is 0 Å². The van der Waals surface area contributed by atoms with Crippen LogP contribution in [0, 0.1) is 11.6 Å². The number of pyridine rings is 1. The molecule has 0 atom stereocenters. The molecule has 0 amide bonds. The van der Waals surface area contributed by atoms with Crippen molar-refractivity contribution in [1.82, 2.24) is 18.9 Å². The van der Waals surface area contributed by atoms with Crippen LogP contribution < -0.4 is 5.32 Å². The first-order valence-electron chi connectivity index (χ1n) is 8.41. The first-order chi connectivity index (χ1) is 13.5. The Labute approximate surface area is 176 Å². The fraction of sp³-hybridized carbons (Fsp3) is 0.294. The molecule has 0 saturated heterocycles. The summed E-state index contributed by atoms with van der Waals surface area (Å²) in [6, 6.07) is 1.35. The van der Waals surface area contributed by atoms with Crippen LogP contribution in [0.1, 0.15) is 19.8 Å². The fourth-order valence-corrected chi connectivity index (χ4v) is 3.84. The molecule has 0 aliphatic rings. The number of rotatable bonds is 8. The van der Waals surface area contributed by atoms with Gasteiger partial charge in [0, 0.05) is 60.4 Å². The molecule has 28 heavy (non-hydrogen) atoms. The van der Waals surface area contributed by atoms with Gasteiger partial charge < -0.3 is 10.1 Å². The van der Waals surface area contributed by atoms with Gasteiger partial charge >= 0.3 is 5.97 Å². The van der Waals surface area contributed by atoms with Gasteiger partial charge in [0.15, 0.2) is 23.1 Å². The van der Waals surface area contributed by atoms with Crippen molar-refractivity contribution in [2.24, 2.45) is 0 Å². The molecule has 148 valence electrons.